The third-order valence-corrected chi connectivity index (χ3v) is 8.55. The van der Waals surface area contributed by atoms with Crippen LogP contribution < -0.4 is 9.88 Å². The van der Waals surface area contributed by atoms with Crippen LogP contribution in [0.5, 0.6) is 0 Å². The molecule has 8 nitrogen and oxygen atoms in total. The van der Waals surface area contributed by atoms with Gasteiger partial charge in [-0.2, -0.15) is 4.57 Å². The predicted octanol–water partition coefficient (Wildman–Crippen LogP) is 6.51. The maximum atomic E-state index is 13.7. The molecule has 232 valence electrons. The van der Waals surface area contributed by atoms with Gasteiger partial charge in [-0.05, 0) is 60.6 Å². The van der Waals surface area contributed by atoms with Gasteiger partial charge in [0.2, 0.25) is 12.2 Å². The Morgan fingerprint density at radius 3 is 2.68 bits per heavy atom. The number of hydrogen-bond donors (Lipinski definition) is 3. The van der Waals surface area contributed by atoms with Crippen LogP contribution >= 0.6 is 0 Å². The molecule has 44 heavy (non-hydrogen) atoms. The van der Waals surface area contributed by atoms with E-state index in [1.54, 1.807) is 19.1 Å². The van der Waals surface area contributed by atoms with E-state index in [2.05, 4.69) is 41.6 Å². The smallest absolute Gasteiger partial charge is 0.345 e. The first-order valence-corrected chi connectivity index (χ1v) is 14.9. The van der Waals surface area contributed by atoms with Crippen LogP contribution in [0.25, 0.3) is 5.57 Å². The van der Waals surface area contributed by atoms with Gasteiger partial charge in [-0.3, -0.25) is 4.90 Å². The molecular formula is C34H39F2N4O4+. The van der Waals surface area contributed by atoms with Gasteiger partial charge in [0, 0.05) is 51.2 Å². The highest BCUT2D eigenvalue weighted by atomic mass is 19.3. The number of nitrogens with zero attached hydrogens (tertiary/aromatic N) is 2. The van der Waals surface area contributed by atoms with Gasteiger partial charge in [-0.1, -0.05) is 37.4 Å². The van der Waals surface area contributed by atoms with Crippen LogP contribution in [0, 0.1) is 5.41 Å². The van der Waals surface area contributed by atoms with Crippen molar-refractivity contribution in [1.29, 1.82) is 5.41 Å². The standard InChI is InChI=1S/C34H38F2N4O4/c1-5-27(29-7-6-8-30-38-32(28(18-37)33(41)42)44-22(4)40(29)30)31(21(2)3)43-20-23-9-10-25-19-39(16-13-24(25)17-23)26-11-14-34(35,36)15-12-26/h5-10,17-18,22,26,37H,1-2,11-16,19-20H2,3-4H3,(H,41,42)/p+1/b31-27-,32-28-,37-18?. The van der Waals surface area contributed by atoms with Crippen LogP contribution in [-0.4, -0.2) is 40.7 Å². The lowest BCUT2D eigenvalue weighted by atomic mass is 9.88. The van der Waals surface area contributed by atoms with Gasteiger partial charge >= 0.3 is 11.9 Å². The summed E-state index contributed by atoms with van der Waals surface area (Å²) in [6, 6.07) is 12.1. The topological polar surface area (TPSA) is 98.8 Å². The number of halogens is 2. The lowest BCUT2D eigenvalue weighted by molar-refractivity contribution is -0.750. The molecule has 1 aromatic carbocycles. The number of ether oxygens (including phenoxy) is 2. The van der Waals surface area contributed by atoms with Crippen LogP contribution in [0.15, 0.2) is 78.4 Å². The van der Waals surface area contributed by atoms with Crippen molar-refractivity contribution in [2.45, 2.75) is 77.3 Å². The number of allylic oxidation sites excluding steroid dienone is 3. The van der Waals surface area contributed by atoms with E-state index in [0.29, 0.717) is 42.2 Å². The molecular weight excluding hydrogens is 566 g/mol. The van der Waals surface area contributed by atoms with Crippen molar-refractivity contribution in [3.05, 3.63) is 101 Å². The number of alkyl halides is 2. The quantitative estimate of drug-likeness (QED) is 0.0992. The summed E-state index contributed by atoms with van der Waals surface area (Å²) in [5.74, 6) is -2.63. The average Bonchev–Trinajstić information content (AvgIpc) is 2.98. The maximum Gasteiger partial charge on any atom is 0.345 e. The number of carboxylic acids is 1. The van der Waals surface area contributed by atoms with Crippen molar-refractivity contribution < 1.29 is 32.7 Å². The zero-order valence-electron chi connectivity index (χ0n) is 25.2. The molecule has 0 amide bonds. The highest BCUT2D eigenvalue weighted by Gasteiger charge is 2.38. The molecule has 10 heteroatoms. The van der Waals surface area contributed by atoms with Crippen molar-refractivity contribution >= 4 is 23.6 Å². The van der Waals surface area contributed by atoms with Crippen LogP contribution in [0.1, 0.15) is 68.1 Å². The second-order valence-electron chi connectivity index (χ2n) is 11.6. The third-order valence-electron chi connectivity index (χ3n) is 8.55. The minimum Gasteiger partial charge on any atom is -0.488 e. The van der Waals surface area contributed by atoms with Gasteiger partial charge in [0.15, 0.2) is 5.57 Å². The zero-order valence-corrected chi connectivity index (χ0v) is 25.2. The lowest BCUT2D eigenvalue weighted by Gasteiger charge is -2.39. The van der Waals surface area contributed by atoms with Crippen molar-refractivity contribution in [1.82, 2.24) is 4.90 Å². The number of nitrogens with one attached hydrogen (secondary N) is 2. The molecule has 1 aliphatic carbocycles. The van der Waals surface area contributed by atoms with Crippen LogP contribution in [-0.2, 0) is 33.8 Å². The monoisotopic (exact) mass is 605 g/mol. The number of aliphatic carboxylic acids is 1. The first-order valence-electron chi connectivity index (χ1n) is 14.9. The fourth-order valence-corrected chi connectivity index (χ4v) is 6.28. The Balaban J connectivity index is 1.36. The molecule has 2 aliphatic heterocycles. The molecule has 3 heterocycles. The average molecular weight is 606 g/mol. The molecule has 3 N–H and O–H groups in total. The summed E-state index contributed by atoms with van der Waals surface area (Å²) < 4.78 is 41.5. The van der Waals surface area contributed by atoms with E-state index in [-0.39, 0.29) is 30.3 Å². The summed E-state index contributed by atoms with van der Waals surface area (Å²) in [6.45, 7) is 13.8. The molecule has 1 fully saturated rings. The predicted molar refractivity (Wildman–Crippen MR) is 164 cm³/mol. The van der Waals surface area contributed by atoms with E-state index in [9.17, 15) is 18.7 Å². The SMILES string of the molecule is C=C/C(=C(/OCc1ccc2c(c1)CCN(C1CCC(F)(F)CC1)C2)C(=C)C)c1cccc2[n+]1C(C)O/C(=C(/C=N)C(=O)O)N2. The zero-order chi connectivity index (χ0) is 31.6. The van der Waals surface area contributed by atoms with Crippen molar-refractivity contribution in [3.63, 3.8) is 0 Å². The Hall–Kier alpha value is -4.31. The normalized spacial score (nSPS) is 21.4. The molecule has 1 unspecified atom stereocenters. The number of aromatic nitrogens is 1. The van der Waals surface area contributed by atoms with Crippen molar-refractivity contribution in [2.75, 3.05) is 11.9 Å². The summed E-state index contributed by atoms with van der Waals surface area (Å²) in [7, 11) is 0. The Bertz CT molecular complexity index is 1550. The van der Waals surface area contributed by atoms with Gasteiger partial charge in [0.05, 0.1) is 5.57 Å². The van der Waals surface area contributed by atoms with Crippen LogP contribution in [0.3, 0.4) is 0 Å². The number of hydrogen-bond acceptors (Lipinski definition) is 6. The number of fused-ring (bicyclic) bond motifs is 2. The molecule has 0 bridgehead atoms. The van der Waals surface area contributed by atoms with E-state index >= 15 is 0 Å². The summed E-state index contributed by atoms with van der Waals surface area (Å²) in [4.78, 5) is 14.0. The Morgan fingerprint density at radius 1 is 1.27 bits per heavy atom. The summed E-state index contributed by atoms with van der Waals surface area (Å²) in [5, 5.41) is 19.9. The van der Waals surface area contributed by atoms with E-state index in [0.717, 1.165) is 37.0 Å². The molecule has 0 radical (unpaired) electrons. The molecule has 1 aromatic heterocycles. The minimum atomic E-state index is -2.52. The van der Waals surface area contributed by atoms with E-state index in [1.807, 2.05) is 23.6 Å². The van der Waals surface area contributed by atoms with Gasteiger partial charge in [-0.25, -0.2) is 18.9 Å². The molecule has 0 saturated heterocycles. The largest absolute Gasteiger partial charge is 0.488 e. The Kier molecular flexibility index (Phi) is 9.01. The third kappa shape index (κ3) is 6.45. The number of rotatable bonds is 9. The summed E-state index contributed by atoms with van der Waals surface area (Å²) in [6.07, 6.45) is 3.76. The number of anilines is 1. The number of carbonyl (C=O) groups is 1. The molecule has 1 saturated carbocycles. The van der Waals surface area contributed by atoms with Crippen LogP contribution in [0.4, 0.5) is 14.6 Å². The fraction of sp³-hybridized carbons (Fsp3) is 0.382. The van der Waals surface area contributed by atoms with Gasteiger partial charge < -0.3 is 20.0 Å². The first-order chi connectivity index (χ1) is 21.0. The molecule has 1 atom stereocenters. The maximum absolute atomic E-state index is 13.7. The second kappa shape index (κ2) is 12.7. The highest BCUT2D eigenvalue weighted by Crippen LogP contribution is 2.37. The minimum absolute atomic E-state index is 0.00604. The van der Waals surface area contributed by atoms with Crippen LogP contribution in [0.2, 0.25) is 0 Å². The molecule has 3 aliphatic rings. The van der Waals surface area contributed by atoms with E-state index < -0.39 is 18.1 Å². The van der Waals surface area contributed by atoms with Gasteiger partial charge in [-0.15, -0.1) is 0 Å². The first kappa shape index (κ1) is 31.1. The molecule has 2 aromatic rings. The van der Waals surface area contributed by atoms with Gasteiger partial charge in [0.25, 0.3) is 5.82 Å². The second-order valence-corrected chi connectivity index (χ2v) is 11.6. The number of carboxylic acid groups (broad SMARTS) is 1. The summed E-state index contributed by atoms with van der Waals surface area (Å²) in [5.41, 5.74) is 5.35. The molecule has 5 rings (SSSR count). The van der Waals surface area contributed by atoms with Crippen molar-refractivity contribution in [3.8, 4) is 0 Å². The summed E-state index contributed by atoms with van der Waals surface area (Å²) >= 11 is 0. The van der Waals surface area contributed by atoms with E-state index in [4.69, 9.17) is 14.9 Å². The number of benzene rings is 1. The van der Waals surface area contributed by atoms with Gasteiger partial charge in [0.1, 0.15) is 18.1 Å². The molecule has 0 spiro atoms. The Morgan fingerprint density at radius 2 is 2.02 bits per heavy atom. The lowest BCUT2D eigenvalue weighted by Crippen LogP contribution is -2.49. The number of pyridine rings is 1. The highest BCUT2D eigenvalue weighted by molar-refractivity contribution is 6.08. The van der Waals surface area contributed by atoms with Crippen molar-refractivity contribution in [2.24, 2.45) is 0 Å². The fourth-order valence-electron chi connectivity index (χ4n) is 6.28. The van der Waals surface area contributed by atoms with E-state index in [1.165, 1.54) is 11.1 Å². The Labute approximate surface area is 256 Å².